The van der Waals surface area contributed by atoms with Gasteiger partial charge < -0.3 is 14.8 Å². The van der Waals surface area contributed by atoms with Gasteiger partial charge >= 0.3 is 6.03 Å². The van der Waals surface area contributed by atoms with Gasteiger partial charge in [-0.3, -0.25) is 19.4 Å². The highest BCUT2D eigenvalue weighted by atomic mass is 16.2. The van der Waals surface area contributed by atoms with Gasteiger partial charge in [0.25, 0.3) is 0 Å². The molecule has 0 bridgehead atoms. The van der Waals surface area contributed by atoms with Crippen LogP contribution in [-0.2, 0) is 16.6 Å². The molecule has 9 heteroatoms. The predicted octanol–water partition coefficient (Wildman–Crippen LogP) is 0.986. The Kier molecular flexibility index (Phi) is 6.31. The Labute approximate surface area is 181 Å². The summed E-state index contributed by atoms with van der Waals surface area (Å²) < 4.78 is 2.05. The van der Waals surface area contributed by atoms with Crippen LogP contribution < -0.4 is 5.32 Å². The van der Waals surface area contributed by atoms with Gasteiger partial charge in [-0.15, -0.1) is 0 Å². The van der Waals surface area contributed by atoms with Crippen molar-refractivity contribution in [3.63, 3.8) is 0 Å². The molecular weight excluding hydrogens is 396 g/mol. The van der Waals surface area contributed by atoms with Crippen molar-refractivity contribution in [1.29, 1.82) is 0 Å². The van der Waals surface area contributed by atoms with E-state index in [1.165, 1.54) is 10.5 Å². The quantitative estimate of drug-likeness (QED) is 0.670. The third kappa shape index (κ3) is 4.61. The lowest BCUT2D eigenvalue weighted by molar-refractivity contribution is -0.134. The lowest BCUT2D eigenvalue weighted by Gasteiger charge is -2.39. The number of carbonyl (C=O) groups excluding carboxylic acids is 3. The van der Waals surface area contributed by atoms with Gasteiger partial charge in [0.2, 0.25) is 11.8 Å². The van der Waals surface area contributed by atoms with E-state index >= 15 is 0 Å². The van der Waals surface area contributed by atoms with Crippen molar-refractivity contribution >= 4 is 17.8 Å². The maximum atomic E-state index is 12.7. The largest absolute Gasteiger partial charge is 0.340 e. The average Bonchev–Trinajstić information content (AvgIpc) is 3.35. The molecule has 1 atom stereocenters. The van der Waals surface area contributed by atoms with Crippen LogP contribution in [0.2, 0.25) is 0 Å². The van der Waals surface area contributed by atoms with E-state index in [4.69, 9.17) is 0 Å². The standard InChI is InChI=1S/C22H28N6O3/c1-25-11-9-23-21(25)20(17-6-3-2-4-7-17)27-14-12-26(13-15-27)18(29)8-5-10-28-19(30)16-24-22(28)31/h2-4,6-7,9,11,20H,5,8,10,12-16H2,1H3,(H,24,31). The van der Waals surface area contributed by atoms with E-state index in [9.17, 15) is 14.4 Å². The summed E-state index contributed by atoms with van der Waals surface area (Å²) in [4.78, 5) is 45.9. The highest BCUT2D eigenvalue weighted by Crippen LogP contribution is 2.28. The number of amides is 4. The predicted molar refractivity (Wildman–Crippen MR) is 114 cm³/mol. The Balaban J connectivity index is 1.33. The summed E-state index contributed by atoms with van der Waals surface area (Å²) in [5.74, 6) is 0.826. The molecule has 2 saturated heterocycles. The molecule has 1 unspecified atom stereocenters. The number of carbonyl (C=O) groups is 3. The normalized spacial score (nSPS) is 18.4. The van der Waals surface area contributed by atoms with E-state index in [1.807, 2.05) is 47.1 Å². The van der Waals surface area contributed by atoms with Crippen LogP contribution in [0.1, 0.15) is 30.3 Å². The third-order valence-electron chi connectivity index (χ3n) is 5.96. The SMILES string of the molecule is Cn1ccnc1C(c1ccccc1)N1CCN(C(=O)CCCN2C(=O)CNC2=O)CC1. The summed E-state index contributed by atoms with van der Waals surface area (Å²) in [7, 11) is 2.00. The number of hydrogen-bond donors (Lipinski definition) is 1. The van der Waals surface area contributed by atoms with Crippen LogP contribution in [0.3, 0.4) is 0 Å². The molecular formula is C22H28N6O3. The second kappa shape index (κ2) is 9.30. The van der Waals surface area contributed by atoms with E-state index in [-0.39, 0.29) is 37.0 Å². The molecule has 2 fully saturated rings. The third-order valence-corrected chi connectivity index (χ3v) is 5.96. The van der Waals surface area contributed by atoms with Gasteiger partial charge in [-0.2, -0.15) is 0 Å². The van der Waals surface area contributed by atoms with E-state index in [1.54, 1.807) is 0 Å². The molecule has 1 N–H and O–H groups in total. The van der Waals surface area contributed by atoms with Gasteiger partial charge in [0, 0.05) is 58.6 Å². The number of hydrogen-bond acceptors (Lipinski definition) is 5. The zero-order valence-electron chi connectivity index (χ0n) is 17.7. The number of piperazine rings is 1. The van der Waals surface area contributed by atoms with Crippen molar-refractivity contribution in [1.82, 2.24) is 29.6 Å². The number of rotatable bonds is 7. The van der Waals surface area contributed by atoms with Crippen molar-refractivity contribution in [3.05, 3.63) is 54.1 Å². The molecule has 0 aliphatic carbocycles. The van der Waals surface area contributed by atoms with Crippen LogP contribution in [-0.4, -0.2) is 81.4 Å². The van der Waals surface area contributed by atoms with E-state index in [0.29, 0.717) is 25.9 Å². The van der Waals surface area contributed by atoms with Gasteiger partial charge in [-0.1, -0.05) is 30.3 Å². The summed E-state index contributed by atoms with van der Waals surface area (Å²) in [5, 5.41) is 2.49. The maximum Gasteiger partial charge on any atom is 0.324 e. The first-order valence-corrected chi connectivity index (χ1v) is 10.7. The number of nitrogens with one attached hydrogen (secondary N) is 1. The molecule has 2 aliphatic rings. The monoisotopic (exact) mass is 424 g/mol. The lowest BCUT2D eigenvalue weighted by atomic mass is 10.0. The number of aromatic nitrogens is 2. The fraction of sp³-hybridized carbons (Fsp3) is 0.455. The van der Waals surface area contributed by atoms with Gasteiger partial charge in [0.15, 0.2) is 0 Å². The lowest BCUT2D eigenvalue weighted by Crippen LogP contribution is -2.50. The van der Waals surface area contributed by atoms with Crippen molar-refractivity contribution in [2.45, 2.75) is 18.9 Å². The van der Waals surface area contributed by atoms with Crippen molar-refractivity contribution < 1.29 is 14.4 Å². The van der Waals surface area contributed by atoms with Gasteiger partial charge in [0.05, 0.1) is 12.6 Å². The molecule has 0 saturated carbocycles. The number of imide groups is 1. The van der Waals surface area contributed by atoms with Crippen molar-refractivity contribution in [2.24, 2.45) is 7.05 Å². The molecule has 1 aromatic heterocycles. The number of benzene rings is 1. The van der Waals surface area contributed by atoms with Crippen LogP contribution >= 0.6 is 0 Å². The second-order valence-electron chi connectivity index (χ2n) is 7.93. The molecule has 2 aliphatic heterocycles. The van der Waals surface area contributed by atoms with Crippen LogP contribution in [0, 0.1) is 0 Å². The van der Waals surface area contributed by atoms with E-state index in [2.05, 4.69) is 27.3 Å². The molecule has 0 radical (unpaired) electrons. The van der Waals surface area contributed by atoms with Crippen LogP contribution in [0.25, 0.3) is 0 Å². The molecule has 3 heterocycles. The Bertz CT molecular complexity index is 920. The Morgan fingerprint density at radius 3 is 2.48 bits per heavy atom. The smallest absolute Gasteiger partial charge is 0.324 e. The highest BCUT2D eigenvalue weighted by molar-refractivity contribution is 6.01. The number of urea groups is 1. The van der Waals surface area contributed by atoms with Gasteiger partial charge in [-0.25, -0.2) is 9.78 Å². The number of imidazole rings is 1. The first-order chi connectivity index (χ1) is 15.0. The zero-order valence-corrected chi connectivity index (χ0v) is 17.7. The fourth-order valence-electron chi connectivity index (χ4n) is 4.26. The van der Waals surface area contributed by atoms with Gasteiger partial charge in [0.1, 0.15) is 5.82 Å². The van der Waals surface area contributed by atoms with Crippen molar-refractivity contribution in [3.8, 4) is 0 Å². The molecule has 2 aromatic rings. The minimum atomic E-state index is -0.368. The topological polar surface area (TPSA) is 90.8 Å². The Hall–Kier alpha value is -3.20. The second-order valence-corrected chi connectivity index (χ2v) is 7.93. The summed E-state index contributed by atoms with van der Waals surface area (Å²) in [6.45, 7) is 3.14. The summed E-state index contributed by atoms with van der Waals surface area (Å²) in [6, 6.07) is 9.99. The number of aryl methyl sites for hydroxylation is 1. The van der Waals surface area contributed by atoms with Crippen LogP contribution in [0.5, 0.6) is 0 Å². The highest BCUT2D eigenvalue weighted by Gasteiger charge is 2.31. The Morgan fingerprint density at radius 1 is 1.13 bits per heavy atom. The molecule has 4 rings (SSSR count). The number of nitrogens with zero attached hydrogens (tertiary/aromatic N) is 5. The molecule has 9 nitrogen and oxygen atoms in total. The molecule has 4 amide bonds. The minimum Gasteiger partial charge on any atom is -0.340 e. The fourth-order valence-corrected chi connectivity index (χ4v) is 4.26. The summed E-state index contributed by atoms with van der Waals surface area (Å²) in [6.07, 6.45) is 4.59. The minimum absolute atomic E-state index is 0.0399. The van der Waals surface area contributed by atoms with Crippen molar-refractivity contribution in [2.75, 3.05) is 39.3 Å². The molecule has 31 heavy (non-hydrogen) atoms. The van der Waals surface area contributed by atoms with E-state index in [0.717, 1.165) is 18.9 Å². The van der Waals surface area contributed by atoms with Crippen LogP contribution in [0.4, 0.5) is 4.79 Å². The zero-order chi connectivity index (χ0) is 21.8. The summed E-state index contributed by atoms with van der Waals surface area (Å²) in [5.41, 5.74) is 1.19. The first-order valence-electron chi connectivity index (χ1n) is 10.7. The molecule has 0 spiro atoms. The van der Waals surface area contributed by atoms with Crippen LogP contribution in [0.15, 0.2) is 42.7 Å². The molecule has 164 valence electrons. The molecule has 1 aromatic carbocycles. The summed E-state index contributed by atoms with van der Waals surface area (Å²) >= 11 is 0. The van der Waals surface area contributed by atoms with Gasteiger partial charge in [-0.05, 0) is 12.0 Å². The van der Waals surface area contributed by atoms with E-state index < -0.39 is 0 Å². The Morgan fingerprint density at radius 2 is 1.87 bits per heavy atom. The average molecular weight is 425 g/mol. The maximum absolute atomic E-state index is 12.7. The first kappa shape index (κ1) is 21.0.